The molecule has 0 saturated carbocycles. The van der Waals surface area contributed by atoms with Gasteiger partial charge >= 0.3 is 12.3 Å². The van der Waals surface area contributed by atoms with Gasteiger partial charge in [0.15, 0.2) is 0 Å². The Labute approximate surface area is 99.5 Å². The molecule has 0 saturated heterocycles. The second-order valence-corrected chi connectivity index (χ2v) is 3.97. The fraction of sp³-hybridized carbons (Fsp3) is 0.462. The van der Waals surface area contributed by atoms with E-state index < -0.39 is 12.3 Å². The summed E-state index contributed by atoms with van der Waals surface area (Å²) in [6.45, 7) is 1.77. The van der Waals surface area contributed by atoms with Crippen LogP contribution in [0.2, 0.25) is 0 Å². The number of carbonyl (C=O) groups is 1. The van der Waals surface area contributed by atoms with E-state index in [1.807, 2.05) is 6.07 Å². The first-order chi connectivity index (χ1) is 8.20. The average molecular weight is 238 g/mol. The smallest absolute Gasteiger partial charge is 0.381 e. The first-order valence-corrected chi connectivity index (χ1v) is 5.80. The maximum atomic E-state index is 13.3. The molecule has 0 radical (unpaired) electrons. The first kappa shape index (κ1) is 11.9. The highest BCUT2D eigenvalue weighted by Gasteiger charge is 2.21. The van der Waals surface area contributed by atoms with E-state index >= 15 is 0 Å². The van der Waals surface area contributed by atoms with Gasteiger partial charge in [-0.25, -0.2) is 4.79 Å². The van der Waals surface area contributed by atoms with E-state index in [0.29, 0.717) is 5.75 Å². The summed E-state index contributed by atoms with van der Waals surface area (Å²) in [5.74, 6) is -0.598. The molecular formula is C13H15FO3. The summed E-state index contributed by atoms with van der Waals surface area (Å²) in [5, 5.41) is 0. The number of carbonyl (C=O) groups excluding carboxylic acids is 1. The van der Waals surface area contributed by atoms with Crippen LogP contribution in [0.1, 0.15) is 24.5 Å². The summed E-state index contributed by atoms with van der Waals surface area (Å²) in [6, 6.07) is 5.42. The van der Waals surface area contributed by atoms with E-state index in [9.17, 15) is 9.18 Å². The predicted octanol–water partition coefficient (Wildman–Crippen LogP) is 2.41. The van der Waals surface area contributed by atoms with Crippen LogP contribution in [-0.4, -0.2) is 18.9 Å². The topological polar surface area (TPSA) is 35.5 Å². The van der Waals surface area contributed by atoms with Crippen LogP contribution in [0.25, 0.3) is 0 Å². The van der Waals surface area contributed by atoms with Gasteiger partial charge in [0.2, 0.25) is 0 Å². The summed E-state index contributed by atoms with van der Waals surface area (Å²) in [6.07, 6.45) is 1.12. The van der Waals surface area contributed by atoms with Crippen molar-refractivity contribution < 1.29 is 18.7 Å². The monoisotopic (exact) mass is 238 g/mol. The van der Waals surface area contributed by atoms with Crippen LogP contribution in [0.3, 0.4) is 0 Å². The lowest BCUT2D eigenvalue weighted by molar-refractivity contribution is -0.159. The highest BCUT2D eigenvalue weighted by Crippen LogP contribution is 2.26. The summed E-state index contributed by atoms with van der Waals surface area (Å²) in [5.41, 5.74) is 2.46. The summed E-state index contributed by atoms with van der Waals surface area (Å²) >= 11 is 0. The highest BCUT2D eigenvalue weighted by molar-refractivity contribution is 5.73. The Morgan fingerprint density at radius 3 is 2.94 bits per heavy atom. The van der Waals surface area contributed by atoms with Crippen molar-refractivity contribution in [3.05, 3.63) is 29.3 Å². The summed E-state index contributed by atoms with van der Waals surface area (Å²) < 4.78 is 22.8. The molecule has 1 aromatic carbocycles. The number of rotatable bonds is 4. The number of alkyl halides is 1. The van der Waals surface area contributed by atoms with Crippen molar-refractivity contribution in [3.63, 3.8) is 0 Å². The highest BCUT2D eigenvalue weighted by atomic mass is 19.1. The molecule has 0 amide bonds. The normalized spacial score (nSPS) is 15.2. The lowest BCUT2D eigenvalue weighted by atomic mass is 10.1. The Morgan fingerprint density at radius 2 is 2.18 bits per heavy atom. The van der Waals surface area contributed by atoms with E-state index in [0.717, 1.165) is 19.3 Å². The van der Waals surface area contributed by atoms with Crippen LogP contribution in [0.5, 0.6) is 5.75 Å². The Morgan fingerprint density at radius 1 is 1.41 bits per heavy atom. The Kier molecular flexibility index (Phi) is 3.61. The number of benzene rings is 1. The molecule has 0 fully saturated rings. The van der Waals surface area contributed by atoms with Crippen molar-refractivity contribution in [3.8, 4) is 5.75 Å². The fourth-order valence-electron chi connectivity index (χ4n) is 2.00. The van der Waals surface area contributed by atoms with Gasteiger partial charge in [-0.05, 0) is 49.4 Å². The van der Waals surface area contributed by atoms with Crippen molar-refractivity contribution in [2.24, 2.45) is 0 Å². The zero-order valence-corrected chi connectivity index (χ0v) is 9.74. The molecule has 1 unspecified atom stereocenters. The minimum Gasteiger partial charge on any atom is -0.461 e. The van der Waals surface area contributed by atoms with E-state index in [4.69, 9.17) is 4.74 Å². The molecule has 1 aliphatic rings. The van der Waals surface area contributed by atoms with Gasteiger partial charge in [-0.1, -0.05) is 6.07 Å². The molecule has 1 atom stereocenters. The summed E-state index contributed by atoms with van der Waals surface area (Å²) in [7, 11) is 0. The average Bonchev–Trinajstić information content (AvgIpc) is 2.76. The van der Waals surface area contributed by atoms with Gasteiger partial charge in [-0.2, -0.15) is 4.39 Å². The van der Waals surface area contributed by atoms with E-state index in [-0.39, 0.29) is 6.61 Å². The summed E-state index contributed by atoms with van der Waals surface area (Å²) in [4.78, 5) is 11.1. The number of hydrogen-bond acceptors (Lipinski definition) is 3. The van der Waals surface area contributed by atoms with Crippen molar-refractivity contribution >= 4 is 5.97 Å². The molecular weight excluding hydrogens is 223 g/mol. The van der Waals surface area contributed by atoms with Crippen molar-refractivity contribution in [1.82, 2.24) is 0 Å². The standard InChI is InChI=1S/C13H15FO3/c1-2-16-13(15)12(14)17-11-7-6-9-4-3-5-10(9)8-11/h6-8,12H,2-5H2,1H3. The van der Waals surface area contributed by atoms with Gasteiger partial charge in [-0.15, -0.1) is 0 Å². The number of esters is 1. The van der Waals surface area contributed by atoms with E-state index in [1.54, 1.807) is 19.1 Å². The number of hydrogen-bond donors (Lipinski definition) is 0. The van der Waals surface area contributed by atoms with Gasteiger partial charge in [0.1, 0.15) is 5.75 Å². The van der Waals surface area contributed by atoms with Crippen LogP contribution >= 0.6 is 0 Å². The van der Waals surface area contributed by atoms with Crippen molar-refractivity contribution in [2.75, 3.05) is 6.61 Å². The third-order valence-electron chi connectivity index (χ3n) is 2.78. The van der Waals surface area contributed by atoms with Gasteiger partial charge in [0.25, 0.3) is 0 Å². The minimum atomic E-state index is -2.05. The SMILES string of the molecule is CCOC(=O)C(F)Oc1ccc2c(c1)CCC2. The maximum absolute atomic E-state index is 13.3. The first-order valence-electron chi connectivity index (χ1n) is 5.80. The second kappa shape index (κ2) is 5.17. The fourth-order valence-corrected chi connectivity index (χ4v) is 2.00. The Balaban J connectivity index is 2.01. The number of fused-ring (bicyclic) bond motifs is 1. The molecule has 3 nitrogen and oxygen atoms in total. The van der Waals surface area contributed by atoms with Gasteiger partial charge in [0, 0.05) is 0 Å². The molecule has 0 bridgehead atoms. The van der Waals surface area contributed by atoms with Crippen molar-refractivity contribution in [1.29, 1.82) is 0 Å². The molecule has 0 spiro atoms. The lowest BCUT2D eigenvalue weighted by Crippen LogP contribution is -2.24. The number of ether oxygens (including phenoxy) is 2. The molecule has 4 heteroatoms. The zero-order chi connectivity index (χ0) is 12.3. The molecule has 2 rings (SSSR count). The van der Waals surface area contributed by atoms with Gasteiger partial charge in [0.05, 0.1) is 6.61 Å². The van der Waals surface area contributed by atoms with Crippen molar-refractivity contribution in [2.45, 2.75) is 32.5 Å². The zero-order valence-electron chi connectivity index (χ0n) is 9.74. The molecule has 17 heavy (non-hydrogen) atoms. The lowest BCUT2D eigenvalue weighted by Gasteiger charge is -2.11. The van der Waals surface area contributed by atoms with E-state index in [1.165, 1.54) is 11.1 Å². The molecule has 0 heterocycles. The van der Waals surface area contributed by atoms with E-state index in [2.05, 4.69) is 4.74 Å². The third kappa shape index (κ3) is 2.75. The van der Waals surface area contributed by atoms with Gasteiger partial charge < -0.3 is 9.47 Å². The largest absolute Gasteiger partial charge is 0.461 e. The quantitative estimate of drug-likeness (QED) is 0.756. The van der Waals surface area contributed by atoms with Crippen LogP contribution in [-0.2, 0) is 22.4 Å². The molecule has 1 aromatic rings. The number of halogens is 1. The predicted molar refractivity (Wildman–Crippen MR) is 60.6 cm³/mol. The van der Waals surface area contributed by atoms with Crippen LogP contribution in [0.15, 0.2) is 18.2 Å². The van der Waals surface area contributed by atoms with Crippen LogP contribution in [0, 0.1) is 0 Å². The van der Waals surface area contributed by atoms with Gasteiger partial charge in [-0.3, -0.25) is 0 Å². The molecule has 0 aromatic heterocycles. The molecule has 92 valence electrons. The molecule has 0 N–H and O–H groups in total. The molecule has 0 aliphatic heterocycles. The third-order valence-corrected chi connectivity index (χ3v) is 2.78. The van der Waals surface area contributed by atoms with Crippen LogP contribution in [0.4, 0.5) is 4.39 Å². The maximum Gasteiger partial charge on any atom is 0.381 e. The Hall–Kier alpha value is -1.58. The molecule has 1 aliphatic carbocycles. The second-order valence-electron chi connectivity index (χ2n) is 3.97. The van der Waals surface area contributed by atoms with Crippen LogP contribution < -0.4 is 4.74 Å². The number of aryl methyl sites for hydroxylation is 2. The Bertz CT molecular complexity index is 417. The minimum absolute atomic E-state index is 0.146.